The highest BCUT2D eigenvalue weighted by Gasteiger charge is 2.11. The highest BCUT2D eigenvalue weighted by molar-refractivity contribution is 5.41. The summed E-state index contributed by atoms with van der Waals surface area (Å²) in [5.74, 6) is 0.902. The Morgan fingerprint density at radius 3 is 2.67 bits per heavy atom. The van der Waals surface area contributed by atoms with Crippen molar-refractivity contribution in [3.8, 4) is 11.5 Å². The lowest BCUT2D eigenvalue weighted by Gasteiger charge is -2.17. The Balaban J connectivity index is 2.42. The predicted octanol–water partition coefficient (Wildman–Crippen LogP) is 1.90. The number of aliphatic hydroxyl groups is 1. The molecule has 1 aromatic rings. The van der Waals surface area contributed by atoms with E-state index in [1.807, 2.05) is 13.0 Å². The number of hydrogen-bond donors (Lipinski definition) is 3. The number of phenolic OH excluding ortho intramolecular Hbond substituents is 1. The minimum Gasteiger partial charge on any atom is -0.504 e. The van der Waals surface area contributed by atoms with Gasteiger partial charge in [-0.2, -0.15) is 0 Å². The van der Waals surface area contributed by atoms with Gasteiger partial charge < -0.3 is 20.3 Å². The highest BCUT2D eigenvalue weighted by atomic mass is 16.5. The van der Waals surface area contributed by atoms with Crippen molar-refractivity contribution in [3.05, 3.63) is 23.8 Å². The van der Waals surface area contributed by atoms with Crippen molar-refractivity contribution in [2.24, 2.45) is 5.92 Å². The van der Waals surface area contributed by atoms with Crippen molar-refractivity contribution in [2.75, 3.05) is 13.7 Å². The minimum atomic E-state index is -0.332. The summed E-state index contributed by atoms with van der Waals surface area (Å²) < 4.78 is 4.98. The average molecular weight is 253 g/mol. The van der Waals surface area contributed by atoms with Gasteiger partial charge in [0.15, 0.2) is 11.5 Å². The van der Waals surface area contributed by atoms with Crippen molar-refractivity contribution < 1.29 is 14.9 Å². The fourth-order valence-electron chi connectivity index (χ4n) is 1.68. The van der Waals surface area contributed by atoms with Crippen LogP contribution < -0.4 is 10.1 Å². The maximum absolute atomic E-state index is 9.80. The van der Waals surface area contributed by atoms with Gasteiger partial charge in [-0.3, -0.25) is 0 Å². The molecule has 2 unspecified atom stereocenters. The zero-order valence-corrected chi connectivity index (χ0v) is 11.3. The van der Waals surface area contributed by atoms with Crippen LogP contribution in [-0.2, 0) is 6.54 Å². The molecule has 0 amide bonds. The molecule has 4 nitrogen and oxygen atoms in total. The third-order valence-electron chi connectivity index (χ3n) is 3.23. The number of aliphatic hydroxyl groups excluding tert-OH is 1. The van der Waals surface area contributed by atoms with Gasteiger partial charge in [0.05, 0.1) is 13.2 Å². The summed E-state index contributed by atoms with van der Waals surface area (Å²) >= 11 is 0. The van der Waals surface area contributed by atoms with E-state index in [4.69, 9.17) is 4.74 Å². The number of aromatic hydroxyl groups is 1. The Morgan fingerprint density at radius 1 is 1.39 bits per heavy atom. The molecule has 0 aliphatic carbocycles. The number of benzene rings is 1. The lowest BCUT2D eigenvalue weighted by atomic mass is 10.0. The van der Waals surface area contributed by atoms with Gasteiger partial charge in [0.25, 0.3) is 0 Å². The van der Waals surface area contributed by atoms with Crippen LogP contribution in [0.4, 0.5) is 0 Å². The van der Waals surface area contributed by atoms with E-state index in [1.54, 1.807) is 12.1 Å². The summed E-state index contributed by atoms with van der Waals surface area (Å²) in [6.45, 7) is 5.27. The van der Waals surface area contributed by atoms with Gasteiger partial charge in [0.1, 0.15) is 0 Å². The molecule has 0 bridgehead atoms. The first kappa shape index (κ1) is 14.8. The van der Waals surface area contributed by atoms with E-state index >= 15 is 0 Å². The summed E-state index contributed by atoms with van der Waals surface area (Å²) in [5.41, 5.74) is 0.963. The molecule has 1 rings (SSSR count). The second-order valence-corrected chi connectivity index (χ2v) is 4.59. The summed E-state index contributed by atoms with van der Waals surface area (Å²) in [6.07, 6.45) is 0.633. The van der Waals surface area contributed by atoms with E-state index in [0.717, 1.165) is 12.0 Å². The molecule has 0 fully saturated rings. The molecule has 0 heterocycles. The smallest absolute Gasteiger partial charge is 0.160 e. The molecule has 0 spiro atoms. The molecule has 0 saturated heterocycles. The molecule has 3 N–H and O–H groups in total. The molecular formula is C14H23NO3. The van der Waals surface area contributed by atoms with Gasteiger partial charge in [-0.05, 0) is 23.6 Å². The molecular weight excluding hydrogens is 230 g/mol. The Kier molecular flexibility index (Phi) is 5.95. The largest absolute Gasteiger partial charge is 0.504 e. The van der Waals surface area contributed by atoms with Gasteiger partial charge in [-0.25, -0.2) is 0 Å². The number of phenols is 1. The van der Waals surface area contributed by atoms with E-state index in [0.29, 0.717) is 24.8 Å². The van der Waals surface area contributed by atoms with Crippen LogP contribution in [0.25, 0.3) is 0 Å². The highest BCUT2D eigenvalue weighted by Crippen LogP contribution is 2.26. The quantitative estimate of drug-likeness (QED) is 0.694. The lowest BCUT2D eigenvalue weighted by molar-refractivity contribution is 0.113. The first-order chi connectivity index (χ1) is 8.58. The molecule has 0 radical (unpaired) electrons. The Labute approximate surface area is 109 Å². The summed E-state index contributed by atoms with van der Waals surface area (Å²) in [6, 6.07) is 5.29. The van der Waals surface area contributed by atoms with Crippen LogP contribution in [0.2, 0.25) is 0 Å². The lowest BCUT2D eigenvalue weighted by Crippen LogP contribution is -2.31. The topological polar surface area (TPSA) is 61.7 Å². The molecule has 2 atom stereocenters. The van der Waals surface area contributed by atoms with Crippen molar-refractivity contribution in [1.82, 2.24) is 5.32 Å². The average Bonchev–Trinajstić information content (AvgIpc) is 2.37. The number of ether oxygens (including phenoxy) is 1. The van der Waals surface area contributed by atoms with Crippen LogP contribution in [0.3, 0.4) is 0 Å². The van der Waals surface area contributed by atoms with Crippen LogP contribution in [0.5, 0.6) is 11.5 Å². The second kappa shape index (κ2) is 7.24. The fourth-order valence-corrected chi connectivity index (χ4v) is 1.68. The molecule has 18 heavy (non-hydrogen) atoms. The Bertz CT molecular complexity index is 368. The third-order valence-corrected chi connectivity index (χ3v) is 3.23. The SMILES string of the molecule is CCC(C)C(O)CNCc1ccc(OC)c(O)c1. The van der Waals surface area contributed by atoms with Crippen LogP contribution in [-0.4, -0.2) is 30.0 Å². The molecule has 4 heteroatoms. The van der Waals surface area contributed by atoms with Crippen LogP contribution in [0.1, 0.15) is 25.8 Å². The van der Waals surface area contributed by atoms with E-state index in [9.17, 15) is 10.2 Å². The van der Waals surface area contributed by atoms with Gasteiger partial charge in [-0.15, -0.1) is 0 Å². The van der Waals surface area contributed by atoms with E-state index in [-0.39, 0.29) is 11.9 Å². The van der Waals surface area contributed by atoms with Crippen LogP contribution in [0.15, 0.2) is 18.2 Å². The molecule has 1 aromatic carbocycles. The third kappa shape index (κ3) is 4.20. The van der Waals surface area contributed by atoms with Crippen molar-refractivity contribution in [1.29, 1.82) is 0 Å². The summed E-state index contributed by atoms with van der Waals surface area (Å²) in [7, 11) is 1.52. The molecule has 0 aliphatic rings. The monoisotopic (exact) mass is 253 g/mol. The van der Waals surface area contributed by atoms with Crippen LogP contribution in [0, 0.1) is 5.92 Å². The number of hydrogen-bond acceptors (Lipinski definition) is 4. The van der Waals surface area contributed by atoms with Crippen molar-refractivity contribution >= 4 is 0 Å². The standard InChI is InChI=1S/C14H23NO3/c1-4-10(2)13(17)9-15-8-11-5-6-14(18-3)12(16)7-11/h5-7,10,13,15-17H,4,8-9H2,1-3H3. The second-order valence-electron chi connectivity index (χ2n) is 4.59. The number of rotatable bonds is 7. The van der Waals surface area contributed by atoms with E-state index in [2.05, 4.69) is 12.2 Å². The van der Waals surface area contributed by atoms with Gasteiger partial charge >= 0.3 is 0 Å². The molecule has 0 aliphatic heterocycles. The number of methoxy groups -OCH3 is 1. The maximum Gasteiger partial charge on any atom is 0.160 e. The first-order valence-corrected chi connectivity index (χ1v) is 6.33. The number of nitrogens with one attached hydrogen (secondary N) is 1. The minimum absolute atomic E-state index is 0.138. The van der Waals surface area contributed by atoms with Crippen molar-refractivity contribution in [3.63, 3.8) is 0 Å². The first-order valence-electron chi connectivity index (χ1n) is 6.33. The van der Waals surface area contributed by atoms with E-state index in [1.165, 1.54) is 7.11 Å². The summed E-state index contributed by atoms with van der Waals surface area (Å²) in [4.78, 5) is 0. The predicted molar refractivity (Wildman–Crippen MR) is 71.8 cm³/mol. The summed E-state index contributed by atoms with van der Waals surface area (Å²) in [5, 5.41) is 22.6. The Hall–Kier alpha value is -1.26. The Morgan fingerprint density at radius 2 is 2.11 bits per heavy atom. The normalized spacial score (nSPS) is 14.2. The van der Waals surface area contributed by atoms with Gasteiger partial charge in [-0.1, -0.05) is 26.3 Å². The maximum atomic E-state index is 9.80. The molecule has 102 valence electrons. The van der Waals surface area contributed by atoms with Gasteiger partial charge in [0, 0.05) is 13.1 Å². The molecule has 0 aromatic heterocycles. The van der Waals surface area contributed by atoms with Gasteiger partial charge in [0.2, 0.25) is 0 Å². The van der Waals surface area contributed by atoms with Crippen molar-refractivity contribution in [2.45, 2.75) is 32.9 Å². The zero-order chi connectivity index (χ0) is 13.5. The van der Waals surface area contributed by atoms with Crippen LogP contribution >= 0.6 is 0 Å². The fraction of sp³-hybridized carbons (Fsp3) is 0.571. The zero-order valence-electron chi connectivity index (χ0n) is 11.3. The van der Waals surface area contributed by atoms with E-state index < -0.39 is 0 Å². The molecule has 0 saturated carbocycles.